The second-order valence-corrected chi connectivity index (χ2v) is 4.73. The highest BCUT2D eigenvalue weighted by molar-refractivity contribution is 5.86. The number of fused-ring (bicyclic) bond motifs is 1. The van der Waals surface area contributed by atoms with Crippen molar-refractivity contribution in [1.29, 1.82) is 0 Å². The second-order valence-electron chi connectivity index (χ2n) is 4.73. The number of nitrogens with zero attached hydrogens (tertiary/aromatic N) is 1. The van der Waals surface area contributed by atoms with E-state index in [1.807, 2.05) is 24.3 Å². The van der Waals surface area contributed by atoms with Crippen molar-refractivity contribution in [3.8, 4) is 5.75 Å². The molecule has 1 N–H and O–H groups in total. The minimum atomic E-state index is -1.20. The van der Waals surface area contributed by atoms with E-state index in [0.29, 0.717) is 13.2 Å². The monoisotopic (exact) mass is 271 g/mol. The molecule has 5 heteroatoms. The highest BCUT2D eigenvalue weighted by Crippen LogP contribution is 2.34. The Hall–Kier alpha value is -2.56. The molecule has 2 aromatic rings. The smallest absolute Gasteiger partial charge is 0.341 e. The molecule has 1 unspecified atom stereocenters. The van der Waals surface area contributed by atoms with Crippen LogP contribution in [0.1, 0.15) is 21.8 Å². The number of carboxylic acids is 1. The van der Waals surface area contributed by atoms with Crippen LogP contribution in [0.4, 0.5) is 0 Å². The Kier molecular flexibility index (Phi) is 3.02. The number of aromatic nitrogens is 1. The first-order chi connectivity index (χ1) is 9.66. The quantitative estimate of drug-likeness (QED) is 0.923. The zero-order valence-electron chi connectivity index (χ0n) is 10.7. The second kappa shape index (κ2) is 4.85. The number of benzene rings is 1. The van der Waals surface area contributed by atoms with Crippen molar-refractivity contribution in [1.82, 2.24) is 4.57 Å². The molecule has 0 spiro atoms. The Morgan fingerprint density at radius 1 is 1.30 bits per heavy atom. The molecule has 0 saturated heterocycles. The van der Waals surface area contributed by atoms with E-state index < -0.39 is 11.5 Å². The predicted octanol–water partition coefficient (Wildman–Crippen LogP) is 1.72. The summed E-state index contributed by atoms with van der Waals surface area (Å²) in [7, 11) is 0. The number of pyridine rings is 1. The van der Waals surface area contributed by atoms with Gasteiger partial charge in [0, 0.05) is 24.2 Å². The largest absolute Gasteiger partial charge is 0.493 e. The number of rotatable bonds is 3. The first kappa shape index (κ1) is 12.5. The summed E-state index contributed by atoms with van der Waals surface area (Å²) >= 11 is 0. The summed E-state index contributed by atoms with van der Waals surface area (Å²) in [6.45, 7) is 0.917. The minimum Gasteiger partial charge on any atom is -0.493 e. The van der Waals surface area contributed by atoms with Crippen LogP contribution in [0, 0.1) is 0 Å². The number of ether oxygens (including phenoxy) is 1. The molecule has 102 valence electrons. The van der Waals surface area contributed by atoms with Crippen LogP contribution in [0.25, 0.3) is 0 Å². The molecule has 0 aliphatic carbocycles. The standard InChI is InChI=1S/C15H13NO4/c17-14-12(15(18)19)5-3-7-16(14)8-10-9-20-13-6-2-1-4-11(10)13/h1-7,10H,8-9H2,(H,18,19). The summed E-state index contributed by atoms with van der Waals surface area (Å²) in [6, 6.07) is 10.6. The predicted molar refractivity (Wildman–Crippen MR) is 72.3 cm³/mol. The lowest BCUT2D eigenvalue weighted by molar-refractivity contribution is 0.0694. The van der Waals surface area contributed by atoms with Gasteiger partial charge in [0.1, 0.15) is 11.3 Å². The number of carbonyl (C=O) groups is 1. The summed E-state index contributed by atoms with van der Waals surface area (Å²) in [5.41, 5.74) is 0.365. The van der Waals surface area contributed by atoms with Crippen LogP contribution in [-0.2, 0) is 6.54 Å². The van der Waals surface area contributed by atoms with Gasteiger partial charge < -0.3 is 14.4 Å². The van der Waals surface area contributed by atoms with E-state index >= 15 is 0 Å². The first-order valence-electron chi connectivity index (χ1n) is 6.31. The summed E-state index contributed by atoms with van der Waals surface area (Å²) < 4.78 is 7.00. The Balaban J connectivity index is 1.92. The molecule has 1 aromatic carbocycles. The van der Waals surface area contributed by atoms with Gasteiger partial charge in [0.25, 0.3) is 5.56 Å². The van der Waals surface area contributed by atoms with E-state index in [4.69, 9.17) is 9.84 Å². The highest BCUT2D eigenvalue weighted by Gasteiger charge is 2.24. The van der Waals surface area contributed by atoms with Gasteiger partial charge in [-0.15, -0.1) is 0 Å². The first-order valence-corrected chi connectivity index (χ1v) is 6.31. The maximum atomic E-state index is 12.1. The third-order valence-electron chi connectivity index (χ3n) is 3.47. The van der Waals surface area contributed by atoms with E-state index in [2.05, 4.69) is 0 Å². The van der Waals surface area contributed by atoms with E-state index in [-0.39, 0.29) is 11.5 Å². The van der Waals surface area contributed by atoms with Gasteiger partial charge in [-0.25, -0.2) is 4.79 Å². The lowest BCUT2D eigenvalue weighted by Crippen LogP contribution is -2.28. The molecule has 0 amide bonds. The van der Waals surface area contributed by atoms with Crippen molar-refractivity contribution in [2.75, 3.05) is 6.61 Å². The summed E-state index contributed by atoms with van der Waals surface area (Å²) in [4.78, 5) is 23.0. The maximum absolute atomic E-state index is 12.1. The number of hydrogen-bond acceptors (Lipinski definition) is 3. The SMILES string of the molecule is O=C(O)c1cccn(CC2COc3ccccc32)c1=O. The fourth-order valence-corrected chi connectivity index (χ4v) is 2.46. The fraction of sp³-hybridized carbons (Fsp3) is 0.200. The van der Waals surface area contributed by atoms with Crippen LogP contribution >= 0.6 is 0 Å². The van der Waals surface area contributed by atoms with Gasteiger partial charge in [-0.3, -0.25) is 4.79 Å². The van der Waals surface area contributed by atoms with Crippen LogP contribution in [0.15, 0.2) is 47.4 Å². The zero-order chi connectivity index (χ0) is 14.1. The molecule has 0 bridgehead atoms. The molecule has 0 fully saturated rings. The minimum absolute atomic E-state index is 0.0629. The van der Waals surface area contributed by atoms with E-state index in [9.17, 15) is 9.59 Å². The van der Waals surface area contributed by atoms with E-state index in [0.717, 1.165) is 11.3 Å². The van der Waals surface area contributed by atoms with Crippen LogP contribution in [0.3, 0.4) is 0 Å². The van der Waals surface area contributed by atoms with Crippen molar-refractivity contribution in [2.24, 2.45) is 0 Å². The Morgan fingerprint density at radius 3 is 2.90 bits per heavy atom. The van der Waals surface area contributed by atoms with Crippen molar-refractivity contribution in [2.45, 2.75) is 12.5 Å². The van der Waals surface area contributed by atoms with Crippen LogP contribution in [0.2, 0.25) is 0 Å². The van der Waals surface area contributed by atoms with Gasteiger partial charge >= 0.3 is 5.97 Å². The van der Waals surface area contributed by atoms with Crippen molar-refractivity contribution in [3.05, 3.63) is 64.1 Å². The van der Waals surface area contributed by atoms with Gasteiger partial charge in [-0.1, -0.05) is 18.2 Å². The lowest BCUT2D eigenvalue weighted by atomic mass is 10.0. The van der Waals surface area contributed by atoms with Gasteiger partial charge in [-0.2, -0.15) is 0 Å². The van der Waals surface area contributed by atoms with Crippen LogP contribution < -0.4 is 10.3 Å². The maximum Gasteiger partial charge on any atom is 0.341 e. The average molecular weight is 271 g/mol. The van der Waals surface area contributed by atoms with Crippen molar-refractivity contribution < 1.29 is 14.6 Å². The van der Waals surface area contributed by atoms with E-state index in [1.165, 1.54) is 10.6 Å². The molecule has 20 heavy (non-hydrogen) atoms. The van der Waals surface area contributed by atoms with E-state index in [1.54, 1.807) is 12.3 Å². The Labute approximate surface area is 115 Å². The van der Waals surface area contributed by atoms with Crippen molar-refractivity contribution in [3.63, 3.8) is 0 Å². The van der Waals surface area contributed by atoms with Gasteiger partial charge in [0.2, 0.25) is 0 Å². The number of aromatic carboxylic acids is 1. The Bertz CT molecular complexity index is 720. The summed E-state index contributed by atoms with van der Waals surface area (Å²) in [5, 5.41) is 8.97. The normalized spacial score (nSPS) is 16.5. The summed E-state index contributed by atoms with van der Waals surface area (Å²) in [5.74, 6) is -0.305. The molecule has 1 aliphatic heterocycles. The number of para-hydroxylation sites is 1. The molecule has 3 rings (SSSR count). The lowest BCUT2D eigenvalue weighted by Gasteiger charge is -2.11. The third-order valence-corrected chi connectivity index (χ3v) is 3.47. The average Bonchev–Trinajstić information content (AvgIpc) is 2.84. The third kappa shape index (κ3) is 2.07. The van der Waals surface area contributed by atoms with Crippen molar-refractivity contribution >= 4 is 5.97 Å². The topological polar surface area (TPSA) is 68.5 Å². The fourth-order valence-electron chi connectivity index (χ4n) is 2.46. The molecule has 2 heterocycles. The molecule has 0 radical (unpaired) electrons. The van der Waals surface area contributed by atoms with Crippen LogP contribution in [-0.4, -0.2) is 22.2 Å². The molecule has 1 aliphatic rings. The molecule has 5 nitrogen and oxygen atoms in total. The van der Waals surface area contributed by atoms with Crippen LogP contribution in [0.5, 0.6) is 5.75 Å². The molecule has 1 aromatic heterocycles. The van der Waals surface area contributed by atoms with Gasteiger partial charge in [0.05, 0.1) is 6.61 Å². The molecular weight excluding hydrogens is 258 g/mol. The van der Waals surface area contributed by atoms with Gasteiger partial charge in [0.15, 0.2) is 0 Å². The molecule has 0 saturated carbocycles. The zero-order valence-corrected chi connectivity index (χ0v) is 10.7. The number of carboxylic acid groups (broad SMARTS) is 1. The number of hydrogen-bond donors (Lipinski definition) is 1. The Morgan fingerprint density at radius 2 is 2.10 bits per heavy atom. The molecular formula is C15H13NO4. The van der Waals surface area contributed by atoms with Gasteiger partial charge in [-0.05, 0) is 18.2 Å². The highest BCUT2D eigenvalue weighted by atomic mass is 16.5. The summed E-state index contributed by atoms with van der Waals surface area (Å²) in [6.07, 6.45) is 1.61. The molecule has 1 atom stereocenters.